The molecular formula is C11H17NO5S. The number of ether oxygens (including phenoxy) is 2. The summed E-state index contributed by atoms with van der Waals surface area (Å²) in [5, 5.41) is 9.14. The van der Waals surface area contributed by atoms with Crippen molar-refractivity contribution in [2.45, 2.75) is 11.5 Å². The van der Waals surface area contributed by atoms with E-state index in [2.05, 4.69) is 4.72 Å². The van der Waals surface area contributed by atoms with Crippen LogP contribution >= 0.6 is 0 Å². The molecule has 18 heavy (non-hydrogen) atoms. The van der Waals surface area contributed by atoms with Crippen molar-refractivity contribution in [2.24, 2.45) is 0 Å². The van der Waals surface area contributed by atoms with Gasteiger partial charge in [-0.1, -0.05) is 0 Å². The molecule has 7 heteroatoms. The number of sulfonamides is 1. The topological polar surface area (TPSA) is 84.9 Å². The molecule has 0 aliphatic rings. The van der Waals surface area contributed by atoms with E-state index in [1.54, 1.807) is 0 Å². The molecule has 0 saturated carbocycles. The summed E-state index contributed by atoms with van der Waals surface area (Å²) in [6.07, 6.45) is 0. The molecule has 0 radical (unpaired) electrons. The third-order valence-corrected chi connectivity index (χ3v) is 3.79. The largest absolute Gasteiger partial charge is 0.496 e. The van der Waals surface area contributed by atoms with E-state index in [0.29, 0.717) is 17.9 Å². The first-order valence-electron chi connectivity index (χ1n) is 5.31. The fraction of sp³-hybridized carbons (Fsp3) is 0.455. The Kier molecular flexibility index (Phi) is 5.54. The van der Waals surface area contributed by atoms with E-state index in [1.807, 2.05) is 0 Å². The lowest BCUT2D eigenvalue weighted by atomic mass is 10.2. The van der Waals surface area contributed by atoms with Crippen molar-refractivity contribution < 1.29 is 23.0 Å². The van der Waals surface area contributed by atoms with E-state index in [-0.39, 0.29) is 18.0 Å². The van der Waals surface area contributed by atoms with Gasteiger partial charge < -0.3 is 14.6 Å². The van der Waals surface area contributed by atoms with Gasteiger partial charge in [0.15, 0.2) is 0 Å². The number of aliphatic hydroxyl groups excluding tert-OH is 1. The van der Waals surface area contributed by atoms with Crippen LogP contribution in [-0.4, -0.2) is 40.9 Å². The van der Waals surface area contributed by atoms with Crippen LogP contribution in [0, 0.1) is 0 Å². The van der Waals surface area contributed by atoms with Gasteiger partial charge in [-0.05, 0) is 18.2 Å². The molecule has 0 bridgehead atoms. The second kappa shape index (κ2) is 6.69. The highest BCUT2D eigenvalue weighted by Gasteiger charge is 2.15. The van der Waals surface area contributed by atoms with Gasteiger partial charge in [0, 0.05) is 19.2 Å². The second-order valence-corrected chi connectivity index (χ2v) is 5.29. The molecule has 0 spiro atoms. The molecule has 102 valence electrons. The van der Waals surface area contributed by atoms with Crippen LogP contribution < -0.4 is 9.46 Å². The van der Waals surface area contributed by atoms with E-state index >= 15 is 0 Å². The Morgan fingerprint density at radius 2 is 2.06 bits per heavy atom. The number of methoxy groups -OCH3 is 2. The minimum atomic E-state index is -3.59. The van der Waals surface area contributed by atoms with E-state index in [1.165, 1.54) is 32.4 Å². The number of hydrogen-bond donors (Lipinski definition) is 2. The van der Waals surface area contributed by atoms with Crippen LogP contribution in [0.5, 0.6) is 5.75 Å². The number of hydrogen-bond acceptors (Lipinski definition) is 5. The molecule has 1 aromatic carbocycles. The second-order valence-electron chi connectivity index (χ2n) is 3.52. The summed E-state index contributed by atoms with van der Waals surface area (Å²) in [6.45, 7) is 0.201. The van der Waals surface area contributed by atoms with Crippen LogP contribution in [0.3, 0.4) is 0 Å². The highest BCUT2D eigenvalue weighted by atomic mass is 32.2. The number of nitrogens with one attached hydrogen (secondary N) is 1. The van der Waals surface area contributed by atoms with E-state index in [9.17, 15) is 8.42 Å². The summed E-state index contributed by atoms with van der Waals surface area (Å²) >= 11 is 0. The Hall–Kier alpha value is -1.15. The van der Waals surface area contributed by atoms with Crippen LogP contribution in [0.2, 0.25) is 0 Å². The predicted octanol–water partition coefficient (Wildman–Crippen LogP) is 0.112. The molecule has 0 aliphatic heterocycles. The third-order valence-electron chi connectivity index (χ3n) is 2.33. The number of rotatable bonds is 7. The Labute approximate surface area is 107 Å². The molecule has 2 N–H and O–H groups in total. The molecule has 0 fully saturated rings. The normalized spacial score (nSPS) is 11.5. The molecular weight excluding hydrogens is 258 g/mol. The van der Waals surface area contributed by atoms with E-state index < -0.39 is 10.0 Å². The molecule has 0 heterocycles. The van der Waals surface area contributed by atoms with Gasteiger partial charge in [-0.2, -0.15) is 0 Å². The van der Waals surface area contributed by atoms with Crippen molar-refractivity contribution >= 4 is 10.0 Å². The first-order valence-corrected chi connectivity index (χ1v) is 6.80. The Balaban J connectivity index is 2.95. The van der Waals surface area contributed by atoms with Crippen molar-refractivity contribution in [3.8, 4) is 5.75 Å². The smallest absolute Gasteiger partial charge is 0.240 e. The van der Waals surface area contributed by atoms with Gasteiger partial charge in [0.25, 0.3) is 0 Å². The van der Waals surface area contributed by atoms with Crippen LogP contribution in [-0.2, 0) is 21.4 Å². The molecule has 0 amide bonds. The molecule has 0 saturated heterocycles. The number of benzene rings is 1. The zero-order valence-electron chi connectivity index (χ0n) is 10.3. The minimum absolute atomic E-state index is 0.0865. The van der Waals surface area contributed by atoms with Crippen LogP contribution in [0.4, 0.5) is 0 Å². The zero-order chi connectivity index (χ0) is 13.6. The van der Waals surface area contributed by atoms with Crippen molar-refractivity contribution in [1.82, 2.24) is 4.72 Å². The van der Waals surface area contributed by atoms with Gasteiger partial charge in [-0.3, -0.25) is 0 Å². The highest BCUT2D eigenvalue weighted by Crippen LogP contribution is 2.22. The minimum Gasteiger partial charge on any atom is -0.496 e. The quantitative estimate of drug-likeness (QED) is 0.690. The van der Waals surface area contributed by atoms with E-state index in [0.717, 1.165) is 0 Å². The van der Waals surface area contributed by atoms with E-state index in [4.69, 9.17) is 14.6 Å². The molecule has 0 aliphatic carbocycles. The molecule has 6 nitrogen and oxygen atoms in total. The van der Waals surface area contributed by atoms with Crippen molar-refractivity contribution in [3.63, 3.8) is 0 Å². The van der Waals surface area contributed by atoms with Crippen LogP contribution in [0.15, 0.2) is 23.1 Å². The highest BCUT2D eigenvalue weighted by molar-refractivity contribution is 7.89. The first-order chi connectivity index (χ1) is 8.55. The average Bonchev–Trinajstić information content (AvgIpc) is 2.38. The van der Waals surface area contributed by atoms with Crippen LogP contribution in [0.25, 0.3) is 0 Å². The lowest BCUT2D eigenvalue weighted by Gasteiger charge is -2.10. The standard InChI is InChI=1S/C11H17NO5S/c1-16-6-5-12-18(14,15)10-3-4-11(17-2)9(7-10)8-13/h3-4,7,12-13H,5-6,8H2,1-2H3. The van der Waals surface area contributed by atoms with Crippen LogP contribution in [0.1, 0.15) is 5.56 Å². The van der Waals surface area contributed by atoms with Gasteiger partial charge in [-0.25, -0.2) is 13.1 Å². The molecule has 0 atom stereocenters. The maximum atomic E-state index is 11.9. The molecule has 0 aromatic heterocycles. The molecule has 0 unspecified atom stereocenters. The maximum Gasteiger partial charge on any atom is 0.240 e. The molecule has 1 aromatic rings. The summed E-state index contributed by atoms with van der Waals surface area (Å²) in [5.74, 6) is 0.452. The summed E-state index contributed by atoms with van der Waals surface area (Å²) in [7, 11) is -0.637. The lowest BCUT2D eigenvalue weighted by Crippen LogP contribution is -2.27. The van der Waals surface area contributed by atoms with Crippen molar-refractivity contribution in [1.29, 1.82) is 0 Å². The fourth-order valence-corrected chi connectivity index (χ4v) is 2.47. The van der Waals surface area contributed by atoms with Gasteiger partial charge >= 0.3 is 0 Å². The van der Waals surface area contributed by atoms with Crippen molar-refractivity contribution in [2.75, 3.05) is 27.4 Å². The Bertz CT molecular complexity index is 486. The summed E-state index contributed by atoms with van der Waals surface area (Å²) < 4.78 is 35.9. The van der Waals surface area contributed by atoms with Gasteiger partial charge in [0.2, 0.25) is 10.0 Å². The summed E-state index contributed by atoms with van der Waals surface area (Å²) in [6, 6.07) is 4.32. The Morgan fingerprint density at radius 1 is 1.33 bits per heavy atom. The monoisotopic (exact) mass is 275 g/mol. The van der Waals surface area contributed by atoms with Crippen molar-refractivity contribution in [3.05, 3.63) is 23.8 Å². The average molecular weight is 275 g/mol. The summed E-state index contributed by atoms with van der Waals surface area (Å²) in [5.41, 5.74) is 0.423. The Morgan fingerprint density at radius 3 is 2.61 bits per heavy atom. The van der Waals surface area contributed by atoms with Gasteiger partial charge in [0.1, 0.15) is 5.75 Å². The molecule has 1 rings (SSSR count). The third kappa shape index (κ3) is 3.67. The fourth-order valence-electron chi connectivity index (χ4n) is 1.41. The number of aliphatic hydroxyl groups is 1. The predicted molar refractivity (Wildman–Crippen MR) is 66.0 cm³/mol. The summed E-state index contributed by atoms with van der Waals surface area (Å²) in [4.78, 5) is 0.0865. The first kappa shape index (κ1) is 14.9. The maximum absolute atomic E-state index is 11.9. The lowest BCUT2D eigenvalue weighted by molar-refractivity contribution is 0.204. The van der Waals surface area contributed by atoms with Gasteiger partial charge in [0.05, 0.1) is 25.2 Å². The SMILES string of the molecule is COCCNS(=O)(=O)c1ccc(OC)c(CO)c1. The van der Waals surface area contributed by atoms with Gasteiger partial charge in [-0.15, -0.1) is 0 Å². The zero-order valence-corrected chi connectivity index (χ0v) is 11.2.